The molecule has 1 aromatic heterocycles. The van der Waals surface area contributed by atoms with Crippen molar-refractivity contribution in [3.05, 3.63) is 78.0 Å². The normalized spacial score (nSPS) is 12.4. The van der Waals surface area contributed by atoms with E-state index in [1.807, 2.05) is 31.2 Å². The largest absolute Gasteiger partial charge is 0.508 e. The maximum Gasteiger partial charge on any atom is 0.121 e. The minimum absolute atomic E-state index is 0.145. The summed E-state index contributed by atoms with van der Waals surface area (Å²) in [5, 5.41) is 13.0. The Morgan fingerprint density at radius 3 is 2.54 bits per heavy atom. The molecule has 1 N–H and O–H groups in total. The number of fused-ring (bicyclic) bond motifs is 3. The number of hydrogen-bond acceptors (Lipinski definition) is 3. The maximum absolute atomic E-state index is 9.87. The topological polar surface area (TPSA) is 42.4 Å². The Morgan fingerprint density at radius 1 is 0.929 bits per heavy atom. The Morgan fingerprint density at radius 2 is 1.71 bits per heavy atom. The molecule has 0 bridgehead atoms. The van der Waals surface area contributed by atoms with E-state index in [2.05, 4.69) is 37.3 Å². The van der Waals surface area contributed by atoms with Crippen LogP contribution in [0.1, 0.15) is 31.0 Å². The van der Waals surface area contributed by atoms with E-state index in [4.69, 9.17) is 9.72 Å². The average molecular weight is 371 g/mol. The first-order valence-corrected chi connectivity index (χ1v) is 9.84. The van der Waals surface area contributed by atoms with Crippen molar-refractivity contribution in [1.29, 1.82) is 0 Å². The van der Waals surface area contributed by atoms with E-state index in [1.54, 1.807) is 12.1 Å². The third-order valence-electron chi connectivity index (χ3n) is 5.20. The molecule has 1 unspecified atom stereocenters. The van der Waals surface area contributed by atoms with Crippen LogP contribution in [0, 0.1) is 6.92 Å². The number of nitrogens with zero attached hydrogens (tertiary/aromatic N) is 1. The fraction of sp³-hybridized carbons (Fsp3) is 0.240. The molecule has 3 aromatic carbocycles. The van der Waals surface area contributed by atoms with Crippen LogP contribution in [0.15, 0.2) is 66.7 Å². The van der Waals surface area contributed by atoms with Gasteiger partial charge in [-0.2, -0.15) is 0 Å². The van der Waals surface area contributed by atoms with Gasteiger partial charge in [0.25, 0.3) is 0 Å². The number of rotatable bonds is 6. The quantitative estimate of drug-likeness (QED) is 0.411. The van der Waals surface area contributed by atoms with Crippen LogP contribution in [0.5, 0.6) is 11.5 Å². The van der Waals surface area contributed by atoms with Crippen LogP contribution in [0.3, 0.4) is 0 Å². The lowest BCUT2D eigenvalue weighted by atomic mass is 10.0. The molecule has 0 aliphatic carbocycles. The van der Waals surface area contributed by atoms with E-state index in [0.717, 1.165) is 52.4 Å². The third kappa shape index (κ3) is 3.94. The Balaban J connectivity index is 1.49. The molecule has 142 valence electrons. The minimum atomic E-state index is 0.145. The highest BCUT2D eigenvalue weighted by Gasteiger charge is 2.10. The molecule has 0 saturated carbocycles. The van der Waals surface area contributed by atoms with Gasteiger partial charge in [0.2, 0.25) is 0 Å². The van der Waals surface area contributed by atoms with Crippen LogP contribution in [0.2, 0.25) is 0 Å². The predicted molar refractivity (Wildman–Crippen MR) is 115 cm³/mol. The fourth-order valence-corrected chi connectivity index (χ4v) is 3.75. The summed E-state index contributed by atoms with van der Waals surface area (Å²) in [5.74, 6) is 1.11. The molecule has 28 heavy (non-hydrogen) atoms. The molecule has 0 radical (unpaired) electrons. The second kappa shape index (κ2) is 7.89. The number of aryl methyl sites for hydroxylation is 2. The van der Waals surface area contributed by atoms with Crippen molar-refractivity contribution in [2.45, 2.75) is 39.2 Å². The summed E-state index contributed by atoms with van der Waals surface area (Å²) in [6, 6.07) is 22.0. The van der Waals surface area contributed by atoms with E-state index in [0.29, 0.717) is 0 Å². The van der Waals surface area contributed by atoms with Crippen molar-refractivity contribution in [3.8, 4) is 11.5 Å². The average Bonchev–Trinajstić information content (AvgIpc) is 2.68. The van der Waals surface area contributed by atoms with Gasteiger partial charge in [-0.15, -0.1) is 0 Å². The van der Waals surface area contributed by atoms with E-state index in [-0.39, 0.29) is 11.9 Å². The lowest BCUT2D eigenvalue weighted by Crippen LogP contribution is -2.12. The van der Waals surface area contributed by atoms with Gasteiger partial charge < -0.3 is 9.84 Å². The zero-order valence-corrected chi connectivity index (χ0v) is 16.4. The Bertz CT molecular complexity index is 1110. The predicted octanol–water partition coefficient (Wildman–Crippen LogP) is 6.19. The van der Waals surface area contributed by atoms with Crippen molar-refractivity contribution >= 4 is 21.7 Å². The number of phenolic OH excluding ortho intramolecular Hbond substituents is 1. The minimum Gasteiger partial charge on any atom is -0.508 e. The lowest BCUT2D eigenvalue weighted by Gasteiger charge is -2.16. The number of aromatic hydroxyl groups is 1. The highest BCUT2D eigenvalue weighted by atomic mass is 16.5. The SMILES string of the molecule is Cc1nc2cc(OC(C)CCCc3ccccc3)ccc2c2cc(O)ccc12. The first-order valence-electron chi connectivity index (χ1n) is 9.84. The van der Waals surface area contributed by atoms with Gasteiger partial charge in [-0.05, 0) is 74.4 Å². The van der Waals surface area contributed by atoms with E-state index in [9.17, 15) is 5.11 Å². The zero-order valence-electron chi connectivity index (χ0n) is 16.4. The van der Waals surface area contributed by atoms with Crippen LogP contribution in [-0.4, -0.2) is 16.2 Å². The van der Waals surface area contributed by atoms with Crippen molar-refractivity contribution in [3.63, 3.8) is 0 Å². The van der Waals surface area contributed by atoms with Crippen molar-refractivity contribution in [1.82, 2.24) is 4.98 Å². The van der Waals surface area contributed by atoms with Crippen molar-refractivity contribution in [2.75, 3.05) is 0 Å². The number of benzene rings is 3. The highest BCUT2D eigenvalue weighted by molar-refractivity contribution is 6.07. The molecule has 0 saturated heterocycles. The molecule has 3 heteroatoms. The van der Waals surface area contributed by atoms with Crippen LogP contribution >= 0.6 is 0 Å². The van der Waals surface area contributed by atoms with Crippen LogP contribution < -0.4 is 4.74 Å². The first kappa shape index (κ1) is 18.3. The number of phenols is 1. The molecule has 0 spiro atoms. The van der Waals surface area contributed by atoms with Gasteiger partial charge in [-0.1, -0.05) is 30.3 Å². The Labute approximate surface area is 165 Å². The summed E-state index contributed by atoms with van der Waals surface area (Å²) in [4.78, 5) is 4.74. The number of hydrogen-bond donors (Lipinski definition) is 1. The van der Waals surface area contributed by atoms with Gasteiger partial charge in [0.1, 0.15) is 11.5 Å². The highest BCUT2D eigenvalue weighted by Crippen LogP contribution is 2.31. The van der Waals surface area contributed by atoms with Crippen LogP contribution in [0.4, 0.5) is 0 Å². The van der Waals surface area contributed by atoms with Gasteiger partial charge in [0.15, 0.2) is 0 Å². The molecule has 4 rings (SSSR count). The monoisotopic (exact) mass is 371 g/mol. The molecule has 0 aliphatic heterocycles. The maximum atomic E-state index is 9.87. The zero-order chi connectivity index (χ0) is 19.5. The summed E-state index contributed by atoms with van der Waals surface area (Å²) < 4.78 is 6.15. The van der Waals surface area contributed by atoms with E-state index >= 15 is 0 Å². The number of aromatic nitrogens is 1. The number of ether oxygens (including phenoxy) is 1. The molecule has 0 fully saturated rings. The second-order valence-corrected chi connectivity index (χ2v) is 7.41. The van der Waals surface area contributed by atoms with Crippen molar-refractivity contribution in [2.24, 2.45) is 0 Å². The third-order valence-corrected chi connectivity index (χ3v) is 5.20. The molecule has 0 aliphatic rings. The summed E-state index contributed by atoms with van der Waals surface area (Å²) in [7, 11) is 0. The summed E-state index contributed by atoms with van der Waals surface area (Å²) in [6.45, 7) is 4.12. The molecule has 3 nitrogen and oxygen atoms in total. The molecule has 1 heterocycles. The van der Waals surface area contributed by atoms with Crippen LogP contribution in [0.25, 0.3) is 21.7 Å². The Kier molecular flexibility index (Phi) is 5.16. The summed E-state index contributed by atoms with van der Waals surface area (Å²) >= 11 is 0. The van der Waals surface area contributed by atoms with Crippen molar-refractivity contribution < 1.29 is 9.84 Å². The molecule has 4 aromatic rings. The van der Waals surface area contributed by atoms with Gasteiger partial charge >= 0.3 is 0 Å². The van der Waals surface area contributed by atoms with E-state index < -0.39 is 0 Å². The lowest BCUT2D eigenvalue weighted by molar-refractivity contribution is 0.208. The van der Waals surface area contributed by atoms with Gasteiger partial charge in [-0.3, -0.25) is 4.98 Å². The van der Waals surface area contributed by atoms with Gasteiger partial charge in [0.05, 0.1) is 11.6 Å². The van der Waals surface area contributed by atoms with E-state index in [1.165, 1.54) is 5.56 Å². The molecule has 1 atom stereocenters. The van der Waals surface area contributed by atoms with Gasteiger partial charge in [0, 0.05) is 22.5 Å². The summed E-state index contributed by atoms with van der Waals surface area (Å²) in [5.41, 5.74) is 3.22. The second-order valence-electron chi connectivity index (χ2n) is 7.41. The number of pyridine rings is 1. The molecular weight excluding hydrogens is 346 g/mol. The molecule has 0 amide bonds. The first-order chi connectivity index (χ1) is 13.6. The fourth-order valence-electron chi connectivity index (χ4n) is 3.75. The summed E-state index contributed by atoms with van der Waals surface area (Å²) in [6.07, 6.45) is 3.32. The Hall–Kier alpha value is -3.07. The van der Waals surface area contributed by atoms with Gasteiger partial charge in [-0.25, -0.2) is 0 Å². The standard InChI is InChI=1S/C25H25NO2/c1-17(7-6-10-19-8-4-3-5-9-19)28-21-12-14-23-24-15-20(27)11-13-22(24)18(2)26-25(23)16-21/h3-5,8-9,11-17,27H,6-7,10H2,1-2H3. The molecular formula is C25H25NO2. The smallest absolute Gasteiger partial charge is 0.121 e. The van der Waals surface area contributed by atoms with Crippen LogP contribution in [-0.2, 0) is 6.42 Å².